The van der Waals surface area contributed by atoms with Crippen LogP contribution in [0.5, 0.6) is 0 Å². The van der Waals surface area contributed by atoms with Gasteiger partial charge in [0, 0.05) is 0 Å². The van der Waals surface area contributed by atoms with Crippen LogP contribution < -0.4 is 0 Å². The number of nitrogens with zero attached hydrogens (tertiary/aromatic N) is 2. The van der Waals surface area contributed by atoms with Crippen molar-refractivity contribution in [2.75, 3.05) is 0 Å². The zero-order valence-electron chi connectivity index (χ0n) is 7.05. The molecule has 1 aliphatic rings. The van der Waals surface area contributed by atoms with E-state index in [0.717, 1.165) is 11.4 Å². The van der Waals surface area contributed by atoms with Gasteiger partial charge in [0.1, 0.15) is 0 Å². The molecule has 1 aliphatic heterocycles. The molecule has 0 spiro atoms. The summed E-state index contributed by atoms with van der Waals surface area (Å²) < 4.78 is 0. The van der Waals surface area contributed by atoms with Crippen LogP contribution in [0.1, 0.15) is 27.7 Å². The van der Waals surface area contributed by atoms with Crippen molar-refractivity contribution in [3.05, 3.63) is 0 Å². The third kappa shape index (κ3) is 1.25. The minimum atomic E-state index is 0.365. The number of hydrogen-bond acceptors (Lipinski definition) is 2. The largest absolute Gasteiger partial charge is 0.283 e. The van der Waals surface area contributed by atoms with Crippen molar-refractivity contribution in [2.45, 2.75) is 39.8 Å². The molecule has 0 amide bonds. The fourth-order valence-electron chi connectivity index (χ4n) is 1.01. The monoisotopic (exact) mass is 138 g/mol. The van der Waals surface area contributed by atoms with E-state index >= 15 is 0 Å². The Morgan fingerprint density at radius 2 is 1.20 bits per heavy atom. The highest BCUT2D eigenvalue weighted by Gasteiger charge is 2.15. The van der Waals surface area contributed by atoms with E-state index in [1.54, 1.807) is 0 Å². The lowest BCUT2D eigenvalue weighted by Gasteiger charge is -2.19. The van der Waals surface area contributed by atoms with E-state index in [1.165, 1.54) is 0 Å². The van der Waals surface area contributed by atoms with Crippen LogP contribution in [0.4, 0.5) is 0 Å². The minimum absolute atomic E-state index is 0.365. The van der Waals surface area contributed by atoms with Crippen LogP contribution in [-0.2, 0) is 0 Å². The second kappa shape index (κ2) is 2.52. The summed E-state index contributed by atoms with van der Waals surface area (Å²) in [5.41, 5.74) is 2.18. The molecule has 56 valence electrons. The van der Waals surface area contributed by atoms with E-state index in [-0.39, 0.29) is 0 Å². The average molecular weight is 138 g/mol. The maximum Gasteiger partial charge on any atom is 0.0696 e. The van der Waals surface area contributed by atoms with Gasteiger partial charge >= 0.3 is 0 Å². The maximum absolute atomic E-state index is 4.43. The molecular weight excluding hydrogens is 124 g/mol. The molecule has 10 heavy (non-hydrogen) atoms. The predicted molar refractivity (Wildman–Crippen MR) is 45.1 cm³/mol. The first-order valence-electron chi connectivity index (χ1n) is 3.70. The molecule has 2 atom stereocenters. The standard InChI is InChI=1S/C8H14N2/c1-5-6(2)10-8(4)7(3)9-5/h5-6H,1-4H3. The zero-order chi connectivity index (χ0) is 7.72. The Morgan fingerprint density at radius 3 is 1.50 bits per heavy atom. The topological polar surface area (TPSA) is 24.7 Å². The predicted octanol–water partition coefficient (Wildman–Crippen LogP) is 1.70. The molecule has 0 aromatic heterocycles. The van der Waals surface area contributed by atoms with Gasteiger partial charge in [0.15, 0.2) is 0 Å². The highest BCUT2D eigenvalue weighted by atomic mass is 15.0. The summed E-state index contributed by atoms with van der Waals surface area (Å²) in [7, 11) is 0. The van der Waals surface area contributed by atoms with Crippen molar-refractivity contribution in [3.8, 4) is 0 Å². The highest BCUT2D eigenvalue weighted by Crippen LogP contribution is 2.09. The first-order chi connectivity index (χ1) is 4.61. The summed E-state index contributed by atoms with van der Waals surface area (Å²) in [5.74, 6) is 0. The summed E-state index contributed by atoms with van der Waals surface area (Å²) >= 11 is 0. The maximum atomic E-state index is 4.43. The Bertz CT molecular complexity index is 169. The van der Waals surface area contributed by atoms with Crippen LogP contribution in [0.3, 0.4) is 0 Å². The molecule has 0 aromatic carbocycles. The Kier molecular flexibility index (Phi) is 1.88. The quantitative estimate of drug-likeness (QED) is 0.486. The van der Waals surface area contributed by atoms with E-state index in [0.29, 0.717) is 12.1 Å². The van der Waals surface area contributed by atoms with Gasteiger partial charge in [0.2, 0.25) is 0 Å². The molecule has 2 heteroatoms. The summed E-state index contributed by atoms with van der Waals surface area (Å²) in [4.78, 5) is 8.86. The van der Waals surface area contributed by atoms with Crippen LogP contribution in [-0.4, -0.2) is 23.5 Å². The van der Waals surface area contributed by atoms with Gasteiger partial charge in [-0.05, 0) is 27.7 Å². The molecule has 2 nitrogen and oxygen atoms in total. The number of aliphatic imine (C=N–C) groups is 2. The van der Waals surface area contributed by atoms with Crippen LogP contribution in [0.25, 0.3) is 0 Å². The molecule has 0 bridgehead atoms. The molecule has 1 heterocycles. The first kappa shape index (κ1) is 7.45. The molecular formula is C8H14N2. The molecule has 0 saturated heterocycles. The lowest BCUT2D eigenvalue weighted by atomic mass is 10.1. The third-order valence-corrected chi connectivity index (χ3v) is 2.02. The van der Waals surface area contributed by atoms with Crippen LogP contribution in [0, 0.1) is 0 Å². The normalized spacial score (nSPS) is 33.2. The van der Waals surface area contributed by atoms with Gasteiger partial charge in [-0.15, -0.1) is 0 Å². The second-order valence-electron chi connectivity index (χ2n) is 2.91. The summed E-state index contributed by atoms with van der Waals surface area (Å²) in [6.45, 7) is 8.23. The Hall–Kier alpha value is -0.660. The van der Waals surface area contributed by atoms with Gasteiger partial charge in [-0.3, -0.25) is 9.98 Å². The number of hydrogen-bond donors (Lipinski definition) is 0. The molecule has 0 fully saturated rings. The Morgan fingerprint density at radius 1 is 0.900 bits per heavy atom. The molecule has 2 unspecified atom stereocenters. The summed E-state index contributed by atoms with van der Waals surface area (Å²) in [5, 5.41) is 0. The van der Waals surface area contributed by atoms with Gasteiger partial charge in [-0.2, -0.15) is 0 Å². The number of rotatable bonds is 0. The van der Waals surface area contributed by atoms with E-state index in [4.69, 9.17) is 0 Å². The summed E-state index contributed by atoms with van der Waals surface area (Å²) in [6.07, 6.45) is 0. The second-order valence-corrected chi connectivity index (χ2v) is 2.91. The fourth-order valence-corrected chi connectivity index (χ4v) is 1.01. The molecule has 0 N–H and O–H groups in total. The minimum Gasteiger partial charge on any atom is -0.283 e. The SMILES string of the molecule is CC1=NC(C)C(C)N=C1C. The van der Waals surface area contributed by atoms with Crippen LogP contribution in [0.2, 0.25) is 0 Å². The smallest absolute Gasteiger partial charge is 0.0696 e. The summed E-state index contributed by atoms with van der Waals surface area (Å²) in [6, 6.07) is 0.729. The van der Waals surface area contributed by atoms with Gasteiger partial charge < -0.3 is 0 Å². The zero-order valence-corrected chi connectivity index (χ0v) is 7.05. The van der Waals surface area contributed by atoms with Crippen molar-refractivity contribution in [1.82, 2.24) is 0 Å². The Balaban J connectivity index is 2.83. The van der Waals surface area contributed by atoms with E-state index < -0.39 is 0 Å². The van der Waals surface area contributed by atoms with Gasteiger partial charge in [-0.25, -0.2) is 0 Å². The van der Waals surface area contributed by atoms with Crippen molar-refractivity contribution in [3.63, 3.8) is 0 Å². The molecule has 0 aliphatic carbocycles. The Labute approximate surface area is 62.1 Å². The molecule has 1 rings (SSSR count). The average Bonchev–Trinajstić information content (AvgIpc) is 1.84. The lowest BCUT2D eigenvalue weighted by Crippen LogP contribution is -2.26. The molecule has 0 radical (unpaired) electrons. The fraction of sp³-hybridized carbons (Fsp3) is 0.750. The van der Waals surface area contributed by atoms with Gasteiger partial charge in [0.05, 0.1) is 23.5 Å². The molecule has 0 saturated carbocycles. The van der Waals surface area contributed by atoms with Gasteiger partial charge in [0.25, 0.3) is 0 Å². The van der Waals surface area contributed by atoms with Crippen molar-refractivity contribution in [2.24, 2.45) is 9.98 Å². The van der Waals surface area contributed by atoms with Gasteiger partial charge in [-0.1, -0.05) is 0 Å². The van der Waals surface area contributed by atoms with Crippen molar-refractivity contribution >= 4 is 11.4 Å². The van der Waals surface area contributed by atoms with E-state index in [9.17, 15) is 0 Å². The van der Waals surface area contributed by atoms with Crippen molar-refractivity contribution < 1.29 is 0 Å². The molecule has 0 aromatic rings. The van der Waals surface area contributed by atoms with Crippen LogP contribution in [0.15, 0.2) is 9.98 Å². The first-order valence-corrected chi connectivity index (χ1v) is 3.70. The van der Waals surface area contributed by atoms with E-state index in [2.05, 4.69) is 23.8 Å². The van der Waals surface area contributed by atoms with Crippen molar-refractivity contribution in [1.29, 1.82) is 0 Å². The van der Waals surface area contributed by atoms with E-state index in [1.807, 2.05) is 13.8 Å². The van der Waals surface area contributed by atoms with Crippen LogP contribution >= 0.6 is 0 Å². The lowest BCUT2D eigenvalue weighted by molar-refractivity contribution is 0.602. The third-order valence-electron chi connectivity index (χ3n) is 2.02. The highest BCUT2D eigenvalue weighted by molar-refractivity contribution is 6.41.